The minimum absolute atomic E-state index is 0.215. The van der Waals surface area contributed by atoms with Gasteiger partial charge < -0.3 is 15.8 Å². The number of amides is 1. The highest BCUT2D eigenvalue weighted by Gasteiger charge is 2.20. The van der Waals surface area contributed by atoms with Gasteiger partial charge in [-0.15, -0.1) is 0 Å². The number of hydrogen-bond donors (Lipinski definition) is 2. The van der Waals surface area contributed by atoms with Gasteiger partial charge in [0.1, 0.15) is 0 Å². The van der Waals surface area contributed by atoms with Gasteiger partial charge in [0.15, 0.2) is 5.78 Å². The van der Waals surface area contributed by atoms with Crippen LogP contribution in [0.5, 0.6) is 0 Å². The number of esters is 1. The lowest BCUT2D eigenvalue weighted by molar-refractivity contribution is -0.142. The molecule has 0 fully saturated rings. The molecule has 2 aromatic carbocycles. The van der Waals surface area contributed by atoms with Gasteiger partial charge in [-0.25, -0.2) is 0 Å². The first-order valence-electron chi connectivity index (χ1n) is 7.35. The second-order valence-corrected chi connectivity index (χ2v) is 5.12. The second-order valence-electron chi connectivity index (χ2n) is 5.12. The van der Waals surface area contributed by atoms with E-state index in [9.17, 15) is 14.4 Å². The number of hydrogen-bond acceptors (Lipinski definition) is 5. The number of ketones is 1. The summed E-state index contributed by atoms with van der Waals surface area (Å²) in [6.45, 7) is 0. The Hall–Kier alpha value is -2.99. The lowest BCUT2D eigenvalue weighted by Crippen LogP contribution is -2.38. The van der Waals surface area contributed by atoms with Crippen LogP contribution in [0.2, 0.25) is 0 Å². The van der Waals surface area contributed by atoms with Crippen molar-refractivity contribution in [2.75, 3.05) is 12.4 Å². The molecule has 0 aliphatic carbocycles. The molecule has 2 aromatic rings. The SMILES string of the molecule is COC(=O)C[C@H](N)C(=O)Nc1ccccc1C(=O)c1ccccc1. The first-order chi connectivity index (χ1) is 11.5. The van der Waals surface area contributed by atoms with Crippen molar-refractivity contribution in [3.8, 4) is 0 Å². The molecule has 0 aromatic heterocycles. The minimum Gasteiger partial charge on any atom is -0.469 e. The molecule has 0 heterocycles. The molecule has 1 atom stereocenters. The van der Waals surface area contributed by atoms with Crippen molar-refractivity contribution >= 4 is 23.3 Å². The predicted octanol–water partition coefficient (Wildman–Crippen LogP) is 1.75. The number of anilines is 1. The number of rotatable bonds is 6. The van der Waals surface area contributed by atoms with Gasteiger partial charge in [0.25, 0.3) is 0 Å². The zero-order valence-electron chi connectivity index (χ0n) is 13.2. The normalized spacial score (nSPS) is 11.4. The third-order valence-corrected chi connectivity index (χ3v) is 3.42. The third-order valence-electron chi connectivity index (χ3n) is 3.42. The van der Waals surface area contributed by atoms with E-state index >= 15 is 0 Å². The van der Waals surface area contributed by atoms with Crippen molar-refractivity contribution in [3.05, 3.63) is 65.7 Å². The summed E-state index contributed by atoms with van der Waals surface area (Å²) in [5, 5.41) is 2.60. The van der Waals surface area contributed by atoms with Crippen molar-refractivity contribution in [2.45, 2.75) is 12.5 Å². The molecule has 0 unspecified atom stereocenters. The van der Waals surface area contributed by atoms with Gasteiger partial charge in [0.05, 0.1) is 25.3 Å². The zero-order chi connectivity index (χ0) is 17.5. The van der Waals surface area contributed by atoms with E-state index in [0.29, 0.717) is 16.8 Å². The zero-order valence-corrected chi connectivity index (χ0v) is 13.2. The Morgan fingerprint density at radius 3 is 2.33 bits per heavy atom. The second kappa shape index (κ2) is 8.03. The number of nitrogens with one attached hydrogen (secondary N) is 1. The summed E-state index contributed by atoms with van der Waals surface area (Å²) in [5.74, 6) is -1.35. The van der Waals surface area contributed by atoms with Gasteiger partial charge >= 0.3 is 5.97 Å². The lowest BCUT2D eigenvalue weighted by atomic mass is 10.0. The lowest BCUT2D eigenvalue weighted by Gasteiger charge is -2.14. The molecule has 0 aliphatic rings. The molecule has 0 saturated carbocycles. The molecule has 0 radical (unpaired) electrons. The Morgan fingerprint density at radius 1 is 1.04 bits per heavy atom. The van der Waals surface area contributed by atoms with Crippen LogP contribution in [0.15, 0.2) is 54.6 Å². The fourth-order valence-electron chi connectivity index (χ4n) is 2.12. The summed E-state index contributed by atoms with van der Waals surface area (Å²) in [5.41, 5.74) is 6.89. The van der Waals surface area contributed by atoms with Crippen LogP contribution >= 0.6 is 0 Å². The summed E-state index contributed by atoms with van der Waals surface area (Å²) >= 11 is 0. The van der Waals surface area contributed by atoms with Gasteiger partial charge in [0.2, 0.25) is 5.91 Å². The van der Waals surface area contributed by atoms with E-state index in [1.807, 2.05) is 6.07 Å². The predicted molar refractivity (Wildman–Crippen MR) is 89.6 cm³/mol. The number of methoxy groups -OCH3 is 1. The first-order valence-corrected chi connectivity index (χ1v) is 7.35. The van der Waals surface area contributed by atoms with Crippen LogP contribution in [0.25, 0.3) is 0 Å². The number of carbonyl (C=O) groups is 3. The minimum atomic E-state index is -1.06. The largest absolute Gasteiger partial charge is 0.469 e. The maximum absolute atomic E-state index is 12.6. The third kappa shape index (κ3) is 4.27. The Kier molecular flexibility index (Phi) is 5.81. The van der Waals surface area contributed by atoms with Gasteiger partial charge in [-0.1, -0.05) is 42.5 Å². The monoisotopic (exact) mass is 326 g/mol. The standard InChI is InChI=1S/C18H18N2O4/c1-24-16(21)11-14(19)18(23)20-15-10-6-5-9-13(15)17(22)12-7-3-2-4-8-12/h2-10,14H,11,19H2,1H3,(H,20,23)/t14-/m0/s1. The number of ether oxygens (including phenoxy) is 1. The van der Waals surface area contributed by atoms with Gasteiger partial charge in [-0.05, 0) is 12.1 Å². The van der Waals surface area contributed by atoms with E-state index in [1.165, 1.54) is 7.11 Å². The Bertz CT molecular complexity index is 744. The summed E-state index contributed by atoms with van der Waals surface area (Å²) in [6, 6.07) is 14.3. The molecule has 6 heteroatoms. The summed E-state index contributed by atoms with van der Waals surface area (Å²) < 4.78 is 4.49. The van der Waals surface area contributed by atoms with Crippen LogP contribution in [0.3, 0.4) is 0 Å². The molecular weight excluding hydrogens is 308 g/mol. The number of para-hydroxylation sites is 1. The average Bonchev–Trinajstić information content (AvgIpc) is 2.62. The van der Waals surface area contributed by atoms with Crippen molar-refractivity contribution in [1.82, 2.24) is 0 Å². The molecule has 0 bridgehead atoms. The molecular formula is C18H18N2O4. The highest BCUT2D eigenvalue weighted by molar-refractivity contribution is 6.14. The van der Waals surface area contributed by atoms with Gasteiger partial charge in [-0.2, -0.15) is 0 Å². The van der Waals surface area contributed by atoms with Gasteiger partial charge in [0, 0.05) is 11.1 Å². The van der Waals surface area contributed by atoms with Gasteiger partial charge in [-0.3, -0.25) is 14.4 Å². The van der Waals surface area contributed by atoms with Crippen LogP contribution in [-0.2, 0) is 14.3 Å². The highest BCUT2D eigenvalue weighted by atomic mass is 16.5. The fraction of sp³-hybridized carbons (Fsp3) is 0.167. The highest BCUT2D eigenvalue weighted by Crippen LogP contribution is 2.19. The quantitative estimate of drug-likeness (QED) is 0.622. The van der Waals surface area contributed by atoms with E-state index in [2.05, 4.69) is 10.1 Å². The maximum atomic E-state index is 12.6. The van der Waals surface area contributed by atoms with Crippen LogP contribution in [-0.4, -0.2) is 30.8 Å². The van der Waals surface area contributed by atoms with E-state index in [0.717, 1.165) is 0 Å². The molecule has 3 N–H and O–H groups in total. The van der Waals surface area contributed by atoms with Crippen LogP contribution in [0, 0.1) is 0 Å². The van der Waals surface area contributed by atoms with Crippen LogP contribution in [0.1, 0.15) is 22.3 Å². The van der Waals surface area contributed by atoms with Crippen molar-refractivity contribution in [1.29, 1.82) is 0 Å². The summed E-state index contributed by atoms with van der Waals surface area (Å²) in [4.78, 5) is 35.9. The van der Waals surface area contributed by atoms with E-state index < -0.39 is 17.9 Å². The Morgan fingerprint density at radius 2 is 1.67 bits per heavy atom. The topological polar surface area (TPSA) is 98.5 Å². The fourth-order valence-corrected chi connectivity index (χ4v) is 2.12. The number of benzene rings is 2. The molecule has 0 aliphatic heterocycles. The van der Waals surface area contributed by atoms with Crippen molar-refractivity contribution in [3.63, 3.8) is 0 Å². The maximum Gasteiger partial charge on any atom is 0.307 e. The van der Waals surface area contributed by atoms with E-state index in [1.54, 1.807) is 48.5 Å². The molecule has 0 spiro atoms. The number of nitrogens with two attached hydrogens (primary N) is 1. The van der Waals surface area contributed by atoms with Crippen molar-refractivity contribution in [2.24, 2.45) is 5.73 Å². The number of carbonyl (C=O) groups excluding carboxylic acids is 3. The molecule has 2 rings (SSSR count). The van der Waals surface area contributed by atoms with E-state index in [-0.39, 0.29) is 12.2 Å². The molecule has 6 nitrogen and oxygen atoms in total. The first kappa shape index (κ1) is 17.4. The van der Waals surface area contributed by atoms with Crippen LogP contribution < -0.4 is 11.1 Å². The summed E-state index contributed by atoms with van der Waals surface area (Å²) in [7, 11) is 1.22. The van der Waals surface area contributed by atoms with Crippen LogP contribution in [0.4, 0.5) is 5.69 Å². The summed E-state index contributed by atoms with van der Waals surface area (Å²) in [6.07, 6.45) is -0.239. The smallest absolute Gasteiger partial charge is 0.307 e. The average molecular weight is 326 g/mol. The Labute approximate surface area is 139 Å². The molecule has 0 saturated heterocycles. The molecule has 24 heavy (non-hydrogen) atoms. The van der Waals surface area contributed by atoms with Crippen molar-refractivity contribution < 1.29 is 19.1 Å². The molecule has 124 valence electrons. The Balaban J connectivity index is 2.19. The van der Waals surface area contributed by atoms with E-state index in [4.69, 9.17) is 5.73 Å². The molecule has 1 amide bonds.